The second kappa shape index (κ2) is 6.96. The zero-order valence-corrected chi connectivity index (χ0v) is 13.2. The first-order chi connectivity index (χ1) is 8.81. The van der Waals surface area contributed by atoms with Gasteiger partial charge in [-0.3, -0.25) is 4.79 Å². The van der Waals surface area contributed by atoms with Crippen LogP contribution in [0.3, 0.4) is 0 Å². The second-order valence-electron chi connectivity index (χ2n) is 4.53. The Bertz CT molecular complexity index is 459. The Labute approximate surface area is 125 Å². The summed E-state index contributed by atoms with van der Waals surface area (Å²) >= 11 is 4.92. The summed E-state index contributed by atoms with van der Waals surface area (Å²) in [5.41, 5.74) is -1.22. The molecule has 0 bridgehead atoms. The zero-order chi connectivity index (χ0) is 14.5. The van der Waals surface area contributed by atoms with Crippen LogP contribution in [0.1, 0.15) is 20.3 Å². The molecule has 0 aliphatic heterocycles. The summed E-state index contributed by atoms with van der Waals surface area (Å²) in [7, 11) is 0. The number of nitrogens with one attached hydrogen (secondary N) is 1. The van der Waals surface area contributed by atoms with Crippen LogP contribution in [-0.2, 0) is 9.59 Å². The van der Waals surface area contributed by atoms with E-state index in [4.69, 9.17) is 5.11 Å². The number of amides is 1. The summed E-state index contributed by atoms with van der Waals surface area (Å²) in [5.74, 6) is -0.679. The predicted molar refractivity (Wildman–Crippen MR) is 79.3 cm³/mol. The van der Waals surface area contributed by atoms with Gasteiger partial charge in [-0.2, -0.15) is 0 Å². The molecule has 0 heterocycles. The van der Waals surface area contributed by atoms with Crippen molar-refractivity contribution in [2.75, 3.05) is 5.75 Å². The first-order valence-electron chi connectivity index (χ1n) is 5.74. The SMILES string of the molecule is CC(C)(NC(=O)CCSc1ccc(Br)cc1)C(=O)O. The first-order valence-corrected chi connectivity index (χ1v) is 7.52. The van der Waals surface area contributed by atoms with Crippen molar-refractivity contribution < 1.29 is 14.7 Å². The van der Waals surface area contributed by atoms with E-state index in [1.807, 2.05) is 24.3 Å². The van der Waals surface area contributed by atoms with Gasteiger partial charge in [-0.1, -0.05) is 15.9 Å². The van der Waals surface area contributed by atoms with Gasteiger partial charge >= 0.3 is 5.97 Å². The number of thioether (sulfide) groups is 1. The summed E-state index contributed by atoms with van der Waals surface area (Å²) in [5, 5.41) is 11.4. The van der Waals surface area contributed by atoms with E-state index in [-0.39, 0.29) is 12.3 Å². The number of rotatable bonds is 6. The van der Waals surface area contributed by atoms with E-state index in [0.29, 0.717) is 5.75 Å². The Hall–Kier alpha value is -1.01. The van der Waals surface area contributed by atoms with Crippen LogP contribution in [0.15, 0.2) is 33.6 Å². The van der Waals surface area contributed by atoms with Gasteiger partial charge in [0.05, 0.1) is 0 Å². The summed E-state index contributed by atoms with van der Waals surface area (Å²) in [6.45, 7) is 2.93. The maximum Gasteiger partial charge on any atom is 0.328 e. The van der Waals surface area contributed by atoms with E-state index >= 15 is 0 Å². The molecule has 0 spiro atoms. The lowest BCUT2D eigenvalue weighted by Gasteiger charge is -2.20. The standard InChI is InChI=1S/C13H16BrNO3S/c1-13(2,12(17)18)15-11(16)7-8-19-10-5-3-9(14)4-6-10/h3-6H,7-8H2,1-2H3,(H,15,16)(H,17,18). The lowest BCUT2D eigenvalue weighted by molar-refractivity contribution is -0.145. The van der Waals surface area contributed by atoms with Gasteiger partial charge in [-0.05, 0) is 38.1 Å². The molecule has 0 saturated heterocycles. The van der Waals surface area contributed by atoms with Crippen LogP contribution >= 0.6 is 27.7 Å². The van der Waals surface area contributed by atoms with Crippen molar-refractivity contribution in [2.45, 2.75) is 30.7 Å². The van der Waals surface area contributed by atoms with Crippen LogP contribution in [0.25, 0.3) is 0 Å². The predicted octanol–water partition coefficient (Wildman–Crippen LogP) is 2.91. The molecule has 1 rings (SSSR count). The van der Waals surface area contributed by atoms with Crippen molar-refractivity contribution in [1.29, 1.82) is 0 Å². The van der Waals surface area contributed by atoms with E-state index in [1.165, 1.54) is 13.8 Å². The molecule has 2 N–H and O–H groups in total. The van der Waals surface area contributed by atoms with Crippen LogP contribution in [0.5, 0.6) is 0 Å². The van der Waals surface area contributed by atoms with Crippen molar-refractivity contribution >= 4 is 39.6 Å². The summed E-state index contributed by atoms with van der Waals surface area (Å²) < 4.78 is 1.01. The number of halogens is 1. The van der Waals surface area contributed by atoms with Gasteiger partial charge in [0.2, 0.25) is 5.91 Å². The molecule has 0 aliphatic carbocycles. The number of benzene rings is 1. The van der Waals surface area contributed by atoms with Crippen molar-refractivity contribution in [3.63, 3.8) is 0 Å². The van der Waals surface area contributed by atoms with Crippen molar-refractivity contribution in [1.82, 2.24) is 5.32 Å². The summed E-state index contributed by atoms with van der Waals surface area (Å²) in [6.07, 6.45) is 0.289. The third-order valence-electron chi connectivity index (χ3n) is 2.40. The van der Waals surface area contributed by atoms with E-state index in [1.54, 1.807) is 11.8 Å². The number of hydrogen-bond acceptors (Lipinski definition) is 3. The molecular formula is C13H16BrNO3S. The molecule has 1 aromatic carbocycles. The fourth-order valence-corrected chi connectivity index (χ4v) is 2.37. The molecule has 0 aliphatic rings. The average molecular weight is 346 g/mol. The van der Waals surface area contributed by atoms with Crippen molar-refractivity contribution in [2.24, 2.45) is 0 Å². The molecule has 0 atom stereocenters. The van der Waals surface area contributed by atoms with Gasteiger partial charge in [0.1, 0.15) is 5.54 Å². The lowest BCUT2D eigenvalue weighted by atomic mass is 10.1. The Balaban J connectivity index is 2.35. The second-order valence-corrected chi connectivity index (χ2v) is 6.61. The van der Waals surface area contributed by atoms with E-state index in [0.717, 1.165) is 9.37 Å². The van der Waals surface area contributed by atoms with Gasteiger partial charge in [0.15, 0.2) is 0 Å². The van der Waals surface area contributed by atoms with Crippen molar-refractivity contribution in [3.05, 3.63) is 28.7 Å². The van der Waals surface area contributed by atoms with Crippen LogP contribution < -0.4 is 5.32 Å². The maximum atomic E-state index is 11.6. The smallest absolute Gasteiger partial charge is 0.328 e. The highest BCUT2D eigenvalue weighted by Gasteiger charge is 2.28. The summed E-state index contributed by atoms with van der Waals surface area (Å²) in [6, 6.07) is 7.81. The Morgan fingerprint density at radius 1 is 1.32 bits per heavy atom. The molecule has 0 saturated carbocycles. The average Bonchev–Trinajstić information content (AvgIpc) is 2.31. The number of hydrogen-bond donors (Lipinski definition) is 2. The largest absolute Gasteiger partial charge is 0.480 e. The number of carboxylic acid groups (broad SMARTS) is 1. The number of aliphatic carboxylic acids is 1. The Morgan fingerprint density at radius 2 is 1.89 bits per heavy atom. The topological polar surface area (TPSA) is 66.4 Å². The maximum absolute atomic E-state index is 11.6. The minimum absolute atomic E-state index is 0.253. The molecule has 104 valence electrons. The highest BCUT2D eigenvalue weighted by Crippen LogP contribution is 2.21. The number of carboxylic acids is 1. The highest BCUT2D eigenvalue weighted by molar-refractivity contribution is 9.10. The van der Waals surface area contributed by atoms with Gasteiger partial charge in [-0.25, -0.2) is 4.79 Å². The fourth-order valence-electron chi connectivity index (χ4n) is 1.26. The highest BCUT2D eigenvalue weighted by atomic mass is 79.9. The Kier molecular flexibility index (Phi) is 5.87. The fraction of sp³-hybridized carbons (Fsp3) is 0.385. The van der Waals surface area contributed by atoms with Crippen molar-refractivity contribution in [3.8, 4) is 0 Å². The van der Waals surface area contributed by atoms with Gasteiger partial charge in [0.25, 0.3) is 0 Å². The zero-order valence-electron chi connectivity index (χ0n) is 10.8. The van der Waals surface area contributed by atoms with Crippen LogP contribution in [0.2, 0.25) is 0 Å². The van der Waals surface area contributed by atoms with E-state index < -0.39 is 11.5 Å². The van der Waals surface area contributed by atoms with Gasteiger partial charge < -0.3 is 10.4 Å². The van der Waals surface area contributed by atoms with Crippen LogP contribution in [0.4, 0.5) is 0 Å². The van der Waals surface area contributed by atoms with Gasteiger partial charge in [-0.15, -0.1) is 11.8 Å². The normalized spacial score (nSPS) is 11.1. The third-order valence-corrected chi connectivity index (χ3v) is 3.94. The molecule has 0 radical (unpaired) electrons. The molecule has 0 fully saturated rings. The molecule has 19 heavy (non-hydrogen) atoms. The first kappa shape index (κ1) is 16.0. The van der Waals surface area contributed by atoms with Gasteiger partial charge in [0, 0.05) is 21.5 Å². The summed E-state index contributed by atoms with van der Waals surface area (Å²) in [4.78, 5) is 23.5. The van der Waals surface area contributed by atoms with Crippen LogP contribution in [0, 0.1) is 0 Å². The van der Waals surface area contributed by atoms with Crippen LogP contribution in [-0.4, -0.2) is 28.3 Å². The Morgan fingerprint density at radius 3 is 2.42 bits per heavy atom. The molecule has 4 nitrogen and oxygen atoms in total. The molecule has 1 aromatic rings. The number of carbonyl (C=O) groups excluding carboxylic acids is 1. The quantitative estimate of drug-likeness (QED) is 0.778. The number of carbonyl (C=O) groups is 2. The van der Waals surface area contributed by atoms with E-state index in [2.05, 4.69) is 21.2 Å². The molecular weight excluding hydrogens is 330 g/mol. The van der Waals surface area contributed by atoms with E-state index in [9.17, 15) is 9.59 Å². The minimum Gasteiger partial charge on any atom is -0.480 e. The third kappa shape index (κ3) is 5.65. The lowest BCUT2D eigenvalue weighted by Crippen LogP contribution is -2.49. The molecule has 1 amide bonds. The molecule has 0 unspecified atom stereocenters. The minimum atomic E-state index is -1.22. The molecule has 0 aromatic heterocycles. The monoisotopic (exact) mass is 345 g/mol. The molecule has 6 heteroatoms.